The SMILES string of the molecule is CC(C)(C)OC(=O)C(C)(C)n1ccc(NSC2CC2)n1. The van der Waals surface area contributed by atoms with Gasteiger partial charge in [0.1, 0.15) is 5.60 Å². The van der Waals surface area contributed by atoms with Crippen LogP contribution in [-0.2, 0) is 15.1 Å². The Morgan fingerprint density at radius 1 is 1.40 bits per heavy atom. The molecule has 5 nitrogen and oxygen atoms in total. The summed E-state index contributed by atoms with van der Waals surface area (Å²) in [5.41, 5.74) is -1.32. The highest BCUT2D eigenvalue weighted by atomic mass is 32.2. The van der Waals surface area contributed by atoms with Gasteiger partial charge in [-0.3, -0.25) is 4.68 Å². The lowest BCUT2D eigenvalue weighted by Crippen LogP contribution is -2.41. The van der Waals surface area contributed by atoms with Crippen molar-refractivity contribution in [2.24, 2.45) is 0 Å². The molecule has 0 saturated heterocycles. The maximum Gasteiger partial charge on any atom is 0.334 e. The minimum absolute atomic E-state index is 0.283. The number of nitrogens with one attached hydrogen (secondary N) is 1. The number of nitrogens with zero attached hydrogens (tertiary/aromatic N) is 2. The first kappa shape index (κ1) is 15.2. The Morgan fingerprint density at radius 2 is 2.05 bits per heavy atom. The van der Waals surface area contributed by atoms with Crippen molar-refractivity contribution in [2.45, 2.75) is 63.9 Å². The monoisotopic (exact) mass is 297 g/mol. The number of carbonyl (C=O) groups excluding carboxylic acids is 1. The van der Waals surface area contributed by atoms with Crippen molar-refractivity contribution in [1.82, 2.24) is 9.78 Å². The lowest BCUT2D eigenvalue weighted by molar-refractivity contribution is -0.164. The molecule has 0 aliphatic heterocycles. The summed E-state index contributed by atoms with van der Waals surface area (Å²) in [6.07, 6.45) is 4.34. The molecule has 1 aliphatic carbocycles. The predicted molar refractivity (Wildman–Crippen MR) is 81.6 cm³/mol. The molecule has 0 bridgehead atoms. The van der Waals surface area contributed by atoms with E-state index >= 15 is 0 Å². The quantitative estimate of drug-likeness (QED) is 0.668. The number of rotatable bonds is 5. The maximum atomic E-state index is 12.3. The van der Waals surface area contributed by atoms with Gasteiger partial charge < -0.3 is 9.46 Å². The van der Waals surface area contributed by atoms with Crippen LogP contribution >= 0.6 is 11.9 Å². The van der Waals surface area contributed by atoms with Crippen LogP contribution in [0.4, 0.5) is 5.82 Å². The Labute approximate surface area is 124 Å². The van der Waals surface area contributed by atoms with E-state index in [2.05, 4.69) is 9.82 Å². The lowest BCUT2D eigenvalue weighted by Gasteiger charge is -2.28. The molecule has 0 amide bonds. The molecule has 2 rings (SSSR count). The van der Waals surface area contributed by atoms with Gasteiger partial charge in [-0.25, -0.2) is 4.79 Å². The number of hydrogen-bond donors (Lipinski definition) is 1. The van der Waals surface area contributed by atoms with Crippen LogP contribution in [0.15, 0.2) is 12.3 Å². The zero-order valence-electron chi connectivity index (χ0n) is 12.8. The van der Waals surface area contributed by atoms with Crippen LogP contribution in [0.3, 0.4) is 0 Å². The summed E-state index contributed by atoms with van der Waals surface area (Å²) in [4.78, 5) is 12.3. The Kier molecular flexibility index (Phi) is 4.04. The Balaban J connectivity index is 2.02. The second kappa shape index (κ2) is 5.31. The molecule has 0 atom stereocenters. The van der Waals surface area contributed by atoms with E-state index in [0.29, 0.717) is 5.25 Å². The molecule has 1 aromatic heterocycles. The fourth-order valence-electron chi connectivity index (χ4n) is 1.52. The molecule has 1 heterocycles. The second-order valence-corrected chi connectivity index (χ2v) is 7.73. The number of anilines is 1. The summed E-state index contributed by atoms with van der Waals surface area (Å²) >= 11 is 1.70. The topological polar surface area (TPSA) is 56.1 Å². The average molecular weight is 297 g/mol. The van der Waals surface area contributed by atoms with Gasteiger partial charge in [0.05, 0.1) is 0 Å². The summed E-state index contributed by atoms with van der Waals surface area (Å²) in [5.74, 6) is 0.494. The fraction of sp³-hybridized carbons (Fsp3) is 0.714. The molecule has 20 heavy (non-hydrogen) atoms. The first-order chi connectivity index (χ1) is 9.18. The van der Waals surface area contributed by atoms with Gasteiger partial charge in [0.15, 0.2) is 11.4 Å². The third-order valence-electron chi connectivity index (χ3n) is 2.91. The van der Waals surface area contributed by atoms with Gasteiger partial charge in [-0.15, -0.1) is 0 Å². The fourth-order valence-corrected chi connectivity index (χ4v) is 2.28. The number of ether oxygens (including phenoxy) is 1. The molecule has 1 aromatic rings. The lowest BCUT2D eigenvalue weighted by atomic mass is 10.1. The second-order valence-electron chi connectivity index (χ2n) is 6.63. The first-order valence-electron chi connectivity index (χ1n) is 6.90. The third-order valence-corrected chi connectivity index (χ3v) is 4.05. The summed E-state index contributed by atoms with van der Waals surface area (Å²) in [5, 5.41) is 5.12. The highest BCUT2D eigenvalue weighted by molar-refractivity contribution is 8.01. The molecule has 1 aliphatic rings. The van der Waals surface area contributed by atoms with E-state index in [-0.39, 0.29) is 5.97 Å². The Bertz CT molecular complexity index is 487. The van der Waals surface area contributed by atoms with Crippen LogP contribution in [0.5, 0.6) is 0 Å². The molecule has 6 heteroatoms. The zero-order valence-corrected chi connectivity index (χ0v) is 13.6. The number of aromatic nitrogens is 2. The minimum Gasteiger partial charge on any atom is -0.458 e. The maximum absolute atomic E-state index is 12.3. The molecule has 0 unspecified atom stereocenters. The van der Waals surface area contributed by atoms with E-state index in [1.807, 2.05) is 40.7 Å². The molecule has 0 spiro atoms. The van der Waals surface area contributed by atoms with E-state index in [0.717, 1.165) is 5.82 Å². The minimum atomic E-state index is -0.822. The predicted octanol–water partition coefficient (Wildman–Crippen LogP) is 3.18. The molecule has 0 aromatic carbocycles. The molecule has 0 radical (unpaired) electrons. The van der Waals surface area contributed by atoms with E-state index in [1.54, 1.807) is 22.8 Å². The van der Waals surface area contributed by atoms with Gasteiger partial charge in [-0.2, -0.15) is 5.10 Å². The normalized spacial score (nSPS) is 16.1. The standard InChI is InChI=1S/C14H23N3O2S/c1-13(2,3)19-12(18)14(4,5)17-9-8-11(15-17)16-20-10-6-7-10/h8-10H,6-7H2,1-5H3,(H,15,16). The zero-order chi connectivity index (χ0) is 15.0. The molecule has 1 N–H and O–H groups in total. The van der Waals surface area contributed by atoms with Gasteiger partial charge in [0.25, 0.3) is 0 Å². The van der Waals surface area contributed by atoms with Crippen molar-refractivity contribution in [2.75, 3.05) is 4.72 Å². The average Bonchev–Trinajstić information content (AvgIpc) is 3.01. The summed E-state index contributed by atoms with van der Waals surface area (Å²) in [6, 6.07) is 1.88. The van der Waals surface area contributed by atoms with Gasteiger partial charge in [-0.05, 0) is 59.4 Å². The van der Waals surface area contributed by atoms with E-state index in [1.165, 1.54) is 12.8 Å². The summed E-state index contributed by atoms with van der Waals surface area (Å²) in [6.45, 7) is 9.22. The number of esters is 1. The van der Waals surface area contributed by atoms with Crippen molar-refractivity contribution in [3.63, 3.8) is 0 Å². The van der Waals surface area contributed by atoms with Crippen LogP contribution in [0.25, 0.3) is 0 Å². The van der Waals surface area contributed by atoms with Crippen molar-refractivity contribution >= 4 is 23.7 Å². The Morgan fingerprint density at radius 3 is 2.60 bits per heavy atom. The van der Waals surface area contributed by atoms with Gasteiger partial charge in [-0.1, -0.05) is 0 Å². The molecular formula is C14H23N3O2S. The third kappa shape index (κ3) is 3.91. The molecule has 1 saturated carbocycles. The number of hydrogen-bond acceptors (Lipinski definition) is 5. The van der Waals surface area contributed by atoms with Crippen LogP contribution in [0, 0.1) is 0 Å². The van der Waals surface area contributed by atoms with E-state index < -0.39 is 11.1 Å². The van der Waals surface area contributed by atoms with Crippen molar-refractivity contribution in [1.29, 1.82) is 0 Å². The van der Waals surface area contributed by atoms with E-state index in [9.17, 15) is 4.79 Å². The smallest absolute Gasteiger partial charge is 0.334 e. The van der Waals surface area contributed by atoms with Crippen LogP contribution in [0.2, 0.25) is 0 Å². The van der Waals surface area contributed by atoms with Crippen LogP contribution < -0.4 is 4.72 Å². The number of carbonyl (C=O) groups is 1. The highest BCUT2D eigenvalue weighted by Crippen LogP contribution is 2.34. The van der Waals surface area contributed by atoms with Crippen molar-refractivity contribution in [3.05, 3.63) is 12.3 Å². The highest BCUT2D eigenvalue weighted by Gasteiger charge is 2.35. The molecule has 1 fully saturated rings. The van der Waals surface area contributed by atoms with Crippen molar-refractivity contribution < 1.29 is 9.53 Å². The first-order valence-corrected chi connectivity index (χ1v) is 7.78. The summed E-state index contributed by atoms with van der Waals surface area (Å²) < 4.78 is 10.3. The molecule has 112 valence electrons. The summed E-state index contributed by atoms with van der Waals surface area (Å²) in [7, 11) is 0. The van der Waals surface area contributed by atoms with Crippen molar-refractivity contribution in [3.8, 4) is 0 Å². The van der Waals surface area contributed by atoms with Crippen LogP contribution in [-0.4, -0.2) is 26.6 Å². The van der Waals surface area contributed by atoms with Gasteiger partial charge in [0.2, 0.25) is 0 Å². The van der Waals surface area contributed by atoms with Gasteiger partial charge >= 0.3 is 5.97 Å². The molecular weight excluding hydrogens is 274 g/mol. The van der Waals surface area contributed by atoms with E-state index in [4.69, 9.17) is 4.74 Å². The van der Waals surface area contributed by atoms with Gasteiger partial charge in [0, 0.05) is 17.5 Å². The largest absolute Gasteiger partial charge is 0.458 e. The Hall–Kier alpha value is -1.17. The van der Waals surface area contributed by atoms with Crippen LogP contribution in [0.1, 0.15) is 47.5 Å².